The number of aldehydes is 1. The van der Waals surface area contributed by atoms with Crippen molar-refractivity contribution in [3.8, 4) is 0 Å². The maximum atomic E-state index is 11.9. The highest BCUT2D eigenvalue weighted by Gasteiger charge is 2.30. The number of hydrogen-bond acceptors (Lipinski definition) is 6. The molecule has 1 aromatic rings. The number of rotatable bonds is 9. The molecule has 118 valence electrons. The Morgan fingerprint density at radius 2 is 2.05 bits per heavy atom. The summed E-state index contributed by atoms with van der Waals surface area (Å²) in [5.74, 6) is -1.95. The highest BCUT2D eigenvalue weighted by atomic mass is 16.6. The van der Waals surface area contributed by atoms with E-state index in [4.69, 9.17) is 0 Å². The molecule has 7 heteroatoms. The Morgan fingerprint density at radius 3 is 2.64 bits per heavy atom. The quantitative estimate of drug-likeness (QED) is 0.228. The van der Waals surface area contributed by atoms with E-state index in [1.807, 2.05) is 0 Å². The van der Waals surface area contributed by atoms with Crippen molar-refractivity contribution in [2.45, 2.75) is 31.6 Å². The Labute approximate surface area is 127 Å². The molecular weight excluding hydrogens is 290 g/mol. The number of nitro groups is 1. The molecule has 1 aromatic carbocycles. The molecule has 0 spiro atoms. The van der Waals surface area contributed by atoms with Gasteiger partial charge in [-0.25, -0.2) is 0 Å². The fourth-order valence-electron chi connectivity index (χ4n) is 2.12. The second-order valence-electron chi connectivity index (χ2n) is 4.69. The molecule has 0 aliphatic rings. The van der Waals surface area contributed by atoms with E-state index in [1.54, 1.807) is 6.07 Å². The summed E-state index contributed by atoms with van der Waals surface area (Å²) in [6.07, 6.45) is 1.34. The number of ether oxygens (including phenoxy) is 1. The molecule has 0 saturated heterocycles. The predicted molar refractivity (Wildman–Crippen MR) is 77.4 cm³/mol. The summed E-state index contributed by atoms with van der Waals surface area (Å²) in [6.45, 7) is 0. The van der Waals surface area contributed by atoms with Gasteiger partial charge in [0.1, 0.15) is 12.1 Å². The summed E-state index contributed by atoms with van der Waals surface area (Å²) in [5.41, 5.74) is -0.0679. The molecule has 7 nitrogen and oxygen atoms in total. The fraction of sp³-hybridized carbons (Fsp3) is 0.400. The van der Waals surface area contributed by atoms with Crippen LogP contribution in [0.15, 0.2) is 24.3 Å². The van der Waals surface area contributed by atoms with Gasteiger partial charge < -0.3 is 9.53 Å². The minimum Gasteiger partial charge on any atom is -0.469 e. The number of para-hydroxylation sites is 1. The van der Waals surface area contributed by atoms with Crippen molar-refractivity contribution in [2.24, 2.45) is 0 Å². The van der Waals surface area contributed by atoms with Crippen LogP contribution < -0.4 is 0 Å². The summed E-state index contributed by atoms with van der Waals surface area (Å²) in [4.78, 5) is 44.5. The number of Topliss-reactive ketones (excluding diaryl/α,β-unsaturated/α-hetero) is 1. The second kappa shape index (κ2) is 8.66. The smallest absolute Gasteiger partial charge is 0.313 e. The monoisotopic (exact) mass is 307 g/mol. The fourth-order valence-corrected chi connectivity index (χ4v) is 2.12. The average Bonchev–Trinajstić information content (AvgIpc) is 2.52. The highest BCUT2D eigenvalue weighted by molar-refractivity contribution is 5.88. The maximum Gasteiger partial charge on any atom is 0.313 e. The molecule has 0 fully saturated rings. The van der Waals surface area contributed by atoms with E-state index in [0.717, 1.165) is 0 Å². The maximum absolute atomic E-state index is 11.9. The predicted octanol–water partition coefficient (Wildman–Crippen LogP) is 2.18. The largest absolute Gasteiger partial charge is 0.469 e. The zero-order chi connectivity index (χ0) is 16.5. The lowest BCUT2D eigenvalue weighted by Gasteiger charge is -2.14. The second-order valence-corrected chi connectivity index (χ2v) is 4.69. The summed E-state index contributed by atoms with van der Waals surface area (Å²) >= 11 is 0. The Hall–Kier alpha value is -2.57. The van der Waals surface area contributed by atoms with Crippen LogP contribution in [0.3, 0.4) is 0 Å². The van der Waals surface area contributed by atoms with Crippen molar-refractivity contribution < 1.29 is 24.0 Å². The molecule has 0 amide bonds. The Morgan fingerprint density at radius 1 is 1.36 bits per heavy atom. The van der Waals surface area contributed by atoms with Gasteiger partial charge in [0.2, 0.25) is 0 Å². The standard InChI is InChI=1S/C15H17NO6/c1-22-15(19)13(10-11(18)6-4-5-9-17)12-7-2-3-8-14(12)16(20)21/h2-3,7-9,13H,4-6,10H2,1H3. The van der Waals surface area contributed by atoms with Crippen LogP contribution in [0.25, 0.3) is 0 Å². The minimum absolute atomic E-state index is 0.146. The third-order valence-corrected chi connectivity index (χ3v) is 3.20. The first kappa shape index (κ1) is 17.5. The number of methoxy groups -OCH3 is 1. The van der Waals surface area contributed by atoms with Gasteiger partial charge in [-0.3, -0.25) is 19.7 Å². The van der Waals surface area contributed by atoms with Gasteiger partial charge in [-0.05, 0) is 6.42 Å². The van der Waals surface area contributed by atoms with Crippen LogP contribution in [0.5, 0.6) is 0 Å². The molecule has 22 heavy (non-hydrogen) atoms. The molecule has 0 aliphatic heterocycles. The first-order valence-electron chi connectivity index (χ1n) is 6.77. The van der Waals surface area contributed by atoms with Crippen LogP contribution in [-0.4, -0.2) is 30.1 Å². The van der Waals surface area contributed by atoms with Crippen LogP contribution in [0.1, 0.15) is 37.2 Å². The van der Waals surface area contributed by atoms with E-state index < -0.39 is 16.8 Å². The van der Waals surface area contributed by atoms with Crippen molar-refractivity contribution in [3.05, 3.63) is 39.9 Å². The summed E-state index contributed by atoms with van der Waals surface area (Å²) < 4.78 is 4.66. The molecule has 0 bridgehead atoms. The van der Waals surface area contributed by atoms with Crippen LogP contribution in [0.2, 0.25) is 0 Å². The van der Waals surface area contributed by atoms with Crippen molar-refractivity contribution in [1.82, 2.24) is 0 Å². The first-order valence-corrected chi connectivity index (χ1v) is 6.77. The normalized spacial score (nSPS) is 11.5. The SMILES string of the molecule is COC(=O)C(CC(=O)CCCC=O)c1ccccc1[N+](=O)[O-]. The van der Waals surface area contributed by atoms with E-state index >= 15 is 0 Å². The van der Waals surface area contributed by atoms with Crippen molar-refractivity contribution in [2.75, 3.05) is 7.11 Å². The molecule has 0 saturated carbocycles. The number of ketones is 1. The summed E-state index contributed by atoms with van der Waals surface area (Å²) in [6, 6.07) is 5.78. The first-order chi connectivity index (χ1) is 10.5. The Balaban J connectivity index is 2.99. The zero-order valence-electron chi connectivity index (χ0n) is 12.2. The molecule has 1 atom stereocenters. The lowest BCUT2D eigenvalue weighted by atomic mass is 9.91. The van der Waals surface area contributed by atoms with Gasteiger partial charge in [-0.1, -0.05) is 18.2 Å². The molecule has 0 N–H and O–H groups in total. The van der Waals surface area contributed by atoms with Gasteiger partial charge in [0, 0.05) is 30.9 Å². The zero-order valence-corrected chi connectivity index (χ0v) is 12.2. The van der Waals surface area contributed by atoms with Gasteiger partial charge in [0.05, 0.1) is 18.0 Å². The van der Waals surface area contributed by atoms with Crippen molar-refractivity contribution in [1.29, 1.82) is 0 Å². The molecular formula is C15H17NO6. The minimum atomic E-state index is -1.02. The number of nitro benzene ring substituents is 1. The van der Waals surface area contributed by atoms with Gasteiger partial charge in [0.25, 0.3) is 5.69 Å². The van der Waals surface area contributed by atoms with E-state index in [2.05, 4.69) is 4.74 Å². The van der Waals surface area contributed by atoms with Crippen LogP contribution >= 0.6 is 0 Å². The number of nitrogens with zero attached hydrogens (tertiary/aromatic N) is 1. The summed E-state index contributed by atoms with van der Waals surface area (Å²) in [5, 5.41) is 11.1. The molecule has 0 aromatic heterocycles. The van der Waals surface area contributed by atoms with Gasteiger partial charge in [0.15, 0.2) is 0 Å². The van der Waals surface area contributed by atoms with Gasteiger partial charge in [-0.15, -0.1) is 0 Å². The third-order valence-electron chi connectivity index (χ3n) is 3.20. The highest BCUT2D eigenvalue weighted by Crippen LogP contribution is 2.30. The number of carbonyl (C=O) groups excluding carboxylic acids is 3. The Bertz CT molecular complexity index is 569. The van der Waals surface area contributed by atoms with Crippen LogP contribution in [0.4, 0.5) is 5.69 Å². The topological polar surface area (TPSA) is 104 Å². The molecule has 0 radical (unpaired) electrons. The summed E-state index contributed by atoms with van der Waals surface area (Å²) in [7, 11) is 1.17. The van der Waals surface area contributed by atoms with E-state index in [-0.39, 0.29) is 36.3 Å². The van der Waals surface area contributed by atoms with Crippen LogP contribution in [0, 0.1) is 10.1 Å². The van der Waals surface area contributed by atoms with Crippen LogP contribution in [-0.2, 0) is 19.1 Å². The lowest BCUT2D eigenvalue weighted by molar-refractivity contribution is -0.385. The van der Waals surface area contributed by atoms with Gasteiger partial charge >= 0.3 is 5.97 Å². The van der Waals surface area contributed by atoms with E-state index in [9.17, 15) is 24.5 Å². The Kier molecular flexibility index (Phi) is 6.88. The molecule has 1 unspecified atom stereocenters. The number of esters is 1. The third kappa shape index (κ3) is 4.76. The lowest BCUT2D eigenvalue weighted by Crippen LogP contribution is -2.19. The number of unbranched alkanes of at least 4 members (excludes halogenated alkanes) is 1. The average molecular weight is 307 g/mol. The number of carbonyl (C=O) groups is 3. The molecule has 0 heterocycles. The molecule has 0 aliphatic carbocycles. The van der Waals surface area contributed by atoms with Crippen molar-refractivity contribution >= 4 is 23.7 Å². The number of hydrogen-bond donors (Lipinski definition) is 0. The van der Waals surface area contributed by atoms with E-state index in [0.29, 0.717) is 12.7 Å². The molecule has 1 rings (SSSR count). The van der Waals surface area contributed by atoms with Crippen molar-refractivity contribution in [3.63, 3.8) is 0 Å². The van der Waals surface area contributed by atoms with E-state index in [1.165, 1.54) is 25.3 Å². The van der Waals surface area contributed by atoms with Gasteiger partial charge in [-0.2, -0.15) is 0 Å². The number of benzene rings is 1.